The van der Waals surface area contributed by atoms with E-state index in [-0.39, 0.29) is 26.1 Å². The molecule has 0 saturated heterocycles. The van der Waals surface area contributed by atoms with Crippen molar-refractivity contribution in [2.45, 2.75) is 44.2 Å². The largest absolute Gasteiger partial charge is 0.464 e. The Balaban J connectivity index is 1.36. The fourth-order valence-corrected chi connectivity index (χ4v) is 6.25. The number of carbonyl (C=O) groups is 4. The average Bonchev–Trinajstić information content (AvgIpc) is 3.15. The predicted octanol–water partition coefficient (Wildman–Crippen LogP) is 4.10. The molecule has 0 fully saturated rings. The van der Waals surface area contributed by atoms with Gasteiger partial charge in [-0.05, 0) is 47.2 Å². The molecule has 4 aromatic rings. The quantitative estimate of drug-likeness (QED) is 0.0627. The van der Waals surface area contributed by atoms with Crippen LogP contribution in [0.1, 0.15) is 28.7 Å². The maximum atomic E-state index is 13.9. The van der Waals surface area contributed by atoms with Gasteiger partial charge in [-0.3, -0.25) is 23.7 Å². The molecule has 0 aliphatic carbocycles. The van der Waals surface area contributed by atoms with Gasteiger partial charge >= 0.3 is 19.7 Å². The van der Waals surface area contributed by atoms with Gasteiger partial charge in [0.1, 0.15) is 18.9 Å². The van der Waals surface area contributed by atoms with Crippen molar-refractivity contribution in [1.82, 2.24) is 20.9 Å². The van der Waals surface area contributed by atoms with Crippen LogP contribution in [-0.4, -0.2) is 65.3 Å². The van der Waals surface area contributed by atoms with Crippen LogP contribution in [-0.2, 0) is 58.8 Å². The number of amides is 3. The van der Waals surface area contributed by atoms with Gasteiger partial charge in [-0.1, -0.05) is 91.0 Å². The van der Waals surface area contributed by atoms with Crippen molar-refractivity contribution in [1.29, 1.82) is 0 Å². The Morgan fingerprint density at radius 3 is 1.88 bits per heavy atom. The van der Waals surface area contributed by atoms with E-state index in [1.165, 1.54) is 0 Å². The summed E-state index contributed by atoms with van der Waals surface area (Å²) in [7, 11) is -4.79. The van der Waals surface area contributed by atoms with Gasteiger partial charge in [0.25, 0.3) is 0 Å². The van der Waals surface area contributed by atoms with Crippen molar-refractivity contribution in [3.05, 3.63) is 138 Å². The maximum Gasteiger partial charge on any atom is 0.407 e. The van der Waals surface area contributed by atoms with Crippen molar-refractivity contribution in [3.8, 4) is 0 Å². The zero-order chi connectivity index (χ0) is 36.3. The number of rotatable bonds is 19. The van der Waals surface area contributed by atoms with E-state index in [1.54, 1.807) is 97.3 Å². The van der Waals surface area contributed by atoms with Gasteiger partial charge in [-0.25, -0.2) is 9.59 Å². The molecule has 1 unspecified atom stereocenters. The molecule has 0 radical (unpaired) electrons. The average molecular weight is 717 g/mol. The summed E-state index contributed by atoms with van der Waals surface area (Å²) < 4.78 is 30.1. The number of nitrogens with one attached hydrogen (secondary N) is 3. The lowest BCUT2D eigenvalue weighted by Gasteiger charge is -2.27. The minimum atomic E-state index is -4.79. The van der Waals surface area contributed by atoms with E-state index in [4.69, 9.17) is 14.0 Å². The monoisotopic (exact) mass is 716 g/mol. The van der Waals surface area contributed by atoms with Gasteiger partial charge in [0.15, 0.2) is 6.10 Å². The Kier molecular flexibility index (Phi) is 15.3. The number of esters is 1. The highest BCUT2D eigenvalue weighted by Gasteiger charge is 2.39. The number of benzene rings is 3. The Bertz CT molecular complexity index is 1730. The van der Waals surface area contributed by atoms with Crippen molar-refractivity contribution in [2.75, 3.05) is 19.7 Å². The molecule has 0 spiro atoms. The van der Waals surface area contributed by atoms with Crippen molar-refractivity contribution >= 4 is 31.5 Å². The SMILES string of the molecule is O=C(CNC(=O)OCc1ccccc1)NCC(=O)N[C@@H](Cc1ccccc1)P(=O)(O)O[C@@H](Cc1ccccc1)C(=O)OCCCc1ccncc1. The van der Waals surface area contributed by atoms with E-state index in [2.05, 4.69) is 20.9 Å². The molecular weight excluding hydrogens is 675 g/mol. The summed E-state index contributed by atoms with van der Waals surface area (Å²) in [5.74, 6) is -3.81. The normalized spacial score (nSPS) is 13.1. The second-order valence-corrected chi connectivity index (χ2v) is 13.4. The van der Waals surface area contributed by atoms with Crippen LogP contribution >= 0.6 is 7.60 Å². The van der Waals surface area contributed by atoms with Crippen LogP contribution < -0.4 is 16.0 Å². The fourth-order valence-electron chi connectivity index (χ4n) is 4.83. The second kappa shape index (κ2) is 20.3. The third kappa shape index (κ3) is 14.2. The lowest BCUT2D eigenvalue weighted by Crippen LogP contribution is -2.45. The number of hydrogen-bond donors (Lipinski definition) is 4. The minimum absolute atomic E-state index is 0.0130. The van der Waals surface area contributed by atoms with Crippen LogP contribution in [0.2, 0.25) is 0 Å². The molecule has 51 heavy (non-hydrogen) atoms. The van der Waals surface area contributed by atoms with Gasteiger partial charge in [-0.2, -0.15) is 0 Å². The van der Waals surface area contributed by atoms with Crippen LogP contribution in [0.15, 0.2) is 116 Å². The smallest absolute Gasteiger partial charge is 0.407 e. The highest BCUT2D eigenvalue weighted by atomic mass is 31.2. The molecule has 3 atom stereocenters. The summed E-state index contributed by atoms with van der Waals surface area (Å²) in [6.07, 6.45) is 2.02. The summed E-state index contributed by atoms with van der Waals surface area (Å²) in [5.41, 5.74) is 3.07. The van der Waals surface area contributed by atoms with E-state index in [1.807, 2.05) is 18.2 Å². The summed E-state index contributed by atoms with van der Waals surface area (Å²) in [6, 6.07) is 30.2. The van der Waals surface area contributed by atoms with E-state index < -0.39 is 56.4 Å². The van der Waals surface area contributed by atoms with Crippen molar-refractivity contribution in [2.24, 2.45) is 0 Å². The summed E-state index contributed by atoms with van der Waals surface area (Å²) in [6.45, 7) is -0.978. The number of carbonyl (C=O) groups excluding carboxylic acids is 4. The Labute approximate surface area is 296 Å². The molecule has 0 saturated carbocycles. The van der Waals surface area contributed by atoms with Crippen molar-refractivity contribution < 1.29 is 42.6 Å². The molecule has 0 aliphatic rings. The molecule has 14 heteroatoms. The number of ether oxygens (including phenoxy) is 2. The molecular formula is C37H41N4O9P. The first-order valence-electron chi connectivity index (χ1n) is 16.3. The molecule has 0 aliphatic heterocycles. The van der Waals surface area contributed by atoms with E-state index in [9.17, 15) is 28.6 Å². The summed E-state index contributed by atoms with van der Waals surface area (Å²) in [4.78, 5) is 65.9. The van der Waals surface area contributed by atoms with Crippen LogP contribution in [0.25, 0.3) is 0 Å². The maximum absolute atomic E-state index is 13.9. The number of aryl methyl sites for hydroxylation is 1. The molecule has 0 bridgehead atoms. The van der Waals surface area contributed by atoms with E-state index >= 15 is 0 Å². The topological polar surface area (TPSA) is 182 Å². The lowest BCUT2D eigenvalue weighted by molar-refractivity contribution is -0.152. The fraction of sp³-hybridized carbons (Fsp3) is 0.270. The highest BCUT2D eigenvalue weighted by Crippen LogP contribution is 2.49. The second-order valence-electron chi connectivity index (χ2n) is 11.4. The zero-order valence-corrected chi connectivity index (χ0v) is 28.8. The van der Waals surface area contributed by atoms with Gasteiger partial charge in [0, 0.05) is 25.2 Å². The number of nitrogens with zero attached hydrogens (tertiary/aromatic N) is 1. The van der Waals surface area contributed by atoms with Crippen LogP contribution in [0, 0.1) is 0 Å². The van der Waals surface area contributed by atoms with Gasteiger partial charge in [-0.15, -0.1) is 0 Å². The molecule has 3 amide bonds. The van der Waals surface area contributed by atoms with Gasteiger partial charge < -0.3 is 30.3 Å². The number of alkyl carbamates (subject to hydrolysis) is 1. The number of hydrogen-bond acceptors (Lipinski definition) is 9. The molecule has 4 N–H and O–H groups in total. The van der Waals surface area contributed by atoms with Crippen molar-refractivity contribution in [3.63, 3.8) is 0 Å². The van der Waals surface area contributed by atoms with Crippen LogP contribution in [0.4, 0.5) is 4.79 Å². The standard InChI is InChI=1S/C37H41N4O9P/c42-33(25-40-37(45)49-27-31-15-8-3-9-16-31)39-26-34(43)41-35(24-30-13-6-2-7-14-30)51(46,47)50-32(23-29-11-4-1-5-12-29)36(44)48-22-10-17-28-18-20-38-21-19-28/h1-9,11-16,18-21,32,35H,10,17,22-27H2,(H,39,42)(H,40,45)(H,41,43)(H,46,47)/t32-,35+/m0/s1. The molecule has 1 aromatic heterocycles. The predicted molar refractivity (Wildman–Crippen MR) is 188 cm³/mol. The Morgan fingerprint density at radius 2 is 1.25 bits per heavy atom. The first-order valence-corrected chi connectivity index (χ1v) is 18.0. The van der Waals surface area contributed by atoms with Gasteiger partial charge in [0.05, 0.1) is 13.2 Å². The first kappa shape index (κ1) is 38.4. The highest BCUT2D eigenvalue weighted by molar-refractivity contribution is 7.53. The molecule has 1 heterocycles. The molecule has 4 rings (SSSR count). The van der Waals surface area contributed by atoms with E-state index in [0.29, 0.717) is 24.0 Å². The summed E-state index contributed by atoms with van der Waals surface area (Å²) >= 11 is 0. The summed E-state index contributed by atoms with van der Waals surface area (Å²) in [5, 5.41) is 7.13. The first-order chi connectivity index (χ1) is 24.7. The van der Waals surface area contributed by atoms with E-state index in [0.717, 1.165) is 11.1 Å². The zero-order valence-electron chi connectivity index (χ0n) is 27.9. The van der Waals surface area contributed by atoms with Gasteiger partial charge in [0.2, 0.25) is 11.8 Å². The number of aromatic nitrogens is 1. The molecule has 13 nitrogen and oxygen atoms in total. The molecule has 268 valence electrons. The molecule has 3 aromatic carbocycles. The van der Waals surface area contributed by atoms with Crippen LogP contribution in [0.5, 0.6) is 0 Å². The lowest BCUT2D eigenvalue weighted by atomic mass is 10.1. The minimum Gasteiger partial charge on any atom is -0.464 e. The Hall–Kier alpha value is -5.36. The number of pyridine rings is 1. The Morgan fingerprint density at radius 1 is 0.686 bits per heavy atom. The third-order valence-corrected chi connectivity index (χ3v) is 9.11. The van der Waals surface area contributed by atoms with Crippen LogP contribution in [0.3, 0.4) is 0 Å². The third-order valence-electron chi connectivity index (χ3n) is 7.45.